The zero-order valence-electron chi connectivity index (χ0n) is 7.47. The normalized spacial score (nSPS) is 28.0. The molecule has 1 saturated heterocycles. The molecule has 0 radical (unpaired) electrons. The van der Waals surface area contributed by atoms with Gasteiger partial charge in [-0.1, -0.05) is 19.8 Å². The topological polar surface area (TPSA) is 20.3 Å². The lowest BCUT2D eigenvalue weighted by Crippen LogP contribution is -2.33. The molecular formula is C9H17NO. The fraction of sp³-hybridized carbons (Fsp3) is 0.889. The molecule has 1 unspecified atom stereocenters. The summed E-state index contributed by atoms with van der Waals surface area (Å²) in [6.45, 7) is 2.98. The van der Waals surface area contributed by atoms with Crippen LogP contribution in [0.4, 0.5) is 0 Å². The third kappa shape index (κ3) is 2.21. The molecule has 64 valence electrons. The summed E-state index contributed by atoms with van der Waals surface area (Å²) < 4.78 is 0. The molecule has 1 aliphatic rings. The van der Waals surface area contributed by atoms with Crippen molar-refractivity contribution < 1.29 is 4.79 Å². The van der Waals surface area contributed by atoms with E-state index in [-0.39, 0.29) is 5.92 Å². The first-order valence-electron chi connectivity index (χ1n) is 4.47. The van der Waals surface area contributed by atoms with E-state index in [0.717, 1.165) is 13.0 Å². The Hall–Kier alpha value is -0.530. The molecule has 11 heavy (non-hydrogen) atoms. The highest BCUT2D eigenvalue weighted by atomic mass is 16.2. The summed E-state index contributed by atoms with van der Waals surface area (Å²) in [5.41, 5.74) is 0. The third-order valence-electron chi connectivity index (χ3n) is 2.43. The zero-order chi connectivity index (χ0) is 8.27. The molecular weight excluding hydrogens is 138 g/mol. The first-order valence-corrected chi connectivity index (χ1v) is 4.47. The van der Waals surface area contributed by atoms with Gasteiger partial charge in [-0.25, -0.2) is 0 Å². The van der Waals surface area contributed by atoms with Crippen molar-refractivity contribution in [3.05, 3.63) is 0 Å². The van der Waals surface area contributed by atoms with Crippen molar-refractivity contribution in [3.8, 4) is 0 Å². The van der Waals surface area contributed by atoms with E-state index >= 15 is 0 Å². The molecule has 0 aromatic carbocycles. The molecule has 2 nitrogen and oxygen atoms in total. The second kappa shape index (κ2) is 3.74. The Morgan fingerprint density at radius 1 is 1.36 bits per heavy atom. The Kier molecular flexibility index (Phi) is 2.92. The summed E-state index contributed by atoms with van der Waals surface area (Å²) in [4.78, 5) is 13.3. The Bertz CT molecular complexity index is 130. The Balaban J connectivity index is 2.49. The minimum absolute atomic E-state index is 0.250. The highest BCUT2D eigenvalue weighted by Gasteiger charge is 2.18. The number of likely N-dealkylation sites (tertiary alicyclic amines) is 1. The quantitative estimate of drug-likeness (QED) is 0.521. The van der Waals surface area contributed by atoms with Gasteiger partial charge in [-0.2, -0.15) is 0 Å². The van der Waals surface area contributed by atoms with Crippen molar-refractivity contribution in [2.45, 2.75) is 32.6 Å². The maximum absolute atomic E-state index is 11.4. The van der Waals surface area contributed by atoms with Crippen LogP contribution in [-0.2, 0) is 4.79 Å². The van der Waals surface area contributed by atoms with Crippen LogP contribution in [0.1, 0.15) is 32.6 Å². The minimum atomic E-state index is 0.250. The third-order valence-corrected chi connectivity index (χ3v) is 2.43. The molecule has 0 aliphatic carbocycles. The van der Waals surface area contributed by atoms with Gasteiger partial charge >= 0.3 is 0 Å². The van der Waals surface area contributed by atoms with Crippen LogP contribution in [0, 0.1) is 5.92 Å². The summed E-state index contributed by atoms with van der Waals surface area (Å²) >= 11 is 0. The molecule has 2 heteroatoms. The number of amides is 1. The van der Waals surface area contributed by atoms with E-state index in [4.69, 9.17) is 0 Å². The molecule has 1 fully saturated rings. The van der Waals surface area contributed by atoms with E-state index < -0.39 is 0 Å². The second-order valence-corrected chi connectivity index (χ2v) is 3.51. The molecule has 0 spiro atoms. The fourth-order valence-electron chi connectivity index (χ4n) is 1.59. The van der Waals surface area contributed by atoms with Crippen molar-refractivity contribution in [2.24, 2.45) is 5.92 Å². The lowest BCUT2D eigenvalue weighted by atomic mass is 9.99. The van der Waals surface area contributed by atoms with Gasteiger partial charge in [-0.3, -0.25) is 4.79 Å². The first-order chi connectivity index (χ1) is 5.22. The number of nitrogens with zero attached hydrogens (tertiary/aromatic N) is 1. The van der Waals surface area contributed by atoms with Gasteiger partial charge in [-0.15, -0.1) is 0 Å². The van der Waals surface area contributed by atoms with Crippen LogP contribution in [0.25, 0.3) is 0 Å². The summed E-state index contributed by atoms with van der Waals surface area (Å²) in [7, 11) is 1.91. The van der Waals surface area contributed by atoms with Gasteiger partial charge in [0.25, 0.3) is 0 Å². The second-order valence-electron chi connectivity index (χ2n) is 3.51. The predicted molar refractivity (Wildman–Crippen MR) is 45.3 cm³/mol. The van der Waals surface area contributed by atoms with Crippen molar-refractivity contribution in [2.75, 3.05) is 13.6 Å². The number of hydrogen-bond acceptors (Lipinski definition) is 1. The van der Waals surface area contributed by atoms with Gasteiger partial charge in [0.1, 0.15) is 0 Å². The average Bonchev–Trinajstić information content (AvgIpc) is 2.00. The number of hydrogen-bond donors (Lipinski definition) is 0. The fourth-order valence-corrected chi connectivity index (χ4v) is 1.59. The standard InChI is InChI=1S/C9H17NO/c1-8-6-4-3-5-7-10(2)9(8)11/h8H,3-7H2,1-2H3. The van der Waals surface area contributed by atoms with Gasteiger partial charge in [0.05, 0.1) is 0 Å². The highest BCUT2D eigenvalue weighted by molar-refractivity contribution is 5.78. The number of carbonyl (C=O) groups is 1. The summed E-state index contributed by atoms with van der Waals surface area (Å²) in [6.07, 6.45) is 4.75. The molecule has 0 N–H and O–H groups in total. The average molecular weight is 155 g/mol. The monoisotopic (exact) mass is 155 g/mol. The smallest absolute Gasteiger partial charge is 0.225 e. The maximum Gasteiger partial charge on any atom is 0.225 e. The first kappa shape index (κ1) is 8.57. The number of rotatable bonds is 0. The van der Waals surface area contributed by atoms with Gasteiger partial charge in [0, 0.05) is 19.5 Å². The Morgan fingerprint density at radius 3 is 2.82 bits per heavy atom. The molecule has 0 aromatic rings. The molecule has 1 heterocycles. The van der Waals surface area contributed by atoms with Gasteiger partial charge in [0.15, 0.2) is 0 Å². The molecule has 1 atom stereocenters. The van der Waals surface area contributed by atoms with E-state index in [1.54, 1.807) is 0 Å². The minimum Gasteiger partial charge on any atom is -0.346 e. The summed E-state index contributed by atoms with van der Waals surface area (Å²) in [5.74, 6) is 0.574. The van der Waals surface area contributed by atoms with Gasteiger partial charge < -0.3 is 4.90 Å². The van der Waals surface area contributed by atoms with Gasteiger partial charge in [-0.05, 0) is 12.8 Å². The molecule has 1 aliphatic heterocycles. The SMILES string of the molecule is CC1CCCCCN(C)C1=O. The van der Waals surface area contributed by atoms with E-state index in [1.165, 1.54) is 19.3 Å². The van der Waals surface area contributed by atoms with Crippen LogP contribution in [0.15, 0.2) is 0 Å². The van der Waals surface area contributed by atoms with E-state index in [2.05, 4.69) is 0 Å². The van der Waals surface area contributed by atoms with E-state index in [0.29, 0.717) is 5.91 Å². The van der Waals surface area contributed by atoms with E-state index in [9.17, 15) is 4.79 Å². The molecule has 0 bridgehead atoms. The van der Waals surface area contributed by atoms with Crippen LogP contribution in [0.2, 0.25) is 0 Å². The van der Waals surface area contributed by atoms with Gasteiger partial charge in [0.2, 0.25) is 5.91 Å². The predicted octanol–water partition coefficient (Wildman–Crippen LogP) is 1.65. The van der Waals surface area contributed by atoms with Crippen LogP contribution >= 0.6 is 0 Å². The maximum atomic E-state index is 11.4. The van der Waals surface area contributed by atoms with Crippen LogP contribution in [-0.4, -0.2) is 24.4 Å². The molecule has 0 saturated carbocycles. The molecule has 0 aromatic heterocycles. The van der Waals surface area contributed by atoms with Crippen LogP contribution in [0.5, 0.6) is 0 Å². The van der Waals surface area contributed by atoms with Crippen LogP contribution < -0.4 is 0 Å². The van der Waals surface area contributed by atoms with Crippen molar-refractivity contribution in [1.82, 2.24) is 4.90 Å². The number of carbonyl (C=O) groups excluding carboxylic acids is 1. The summed E-state index contributed by atoms with van der Waals surface area (Å²) in [6, 6.07) is 0. The lowest BCUT2D eigenvalue weighted by Gasteiger charge is -2.23. The highest BCUT2D eigenvalue weighted by Crippen LogP contribution is 2.15. The van der Waals surface area contributed by atoms with E-state index in [1.807, 2.05) is 18.9 Å². The largest absolute Gasteiger partial charge is 0.346 e. The molecule has 1 rings (SSSR count). The Labute approximate surface area is 68.6 Å². The lowest BCUT2D eigenvalue weighted by molar-refractivity contribution is -0.134. The van der Waals surface area contributed by atoms with Crippen molar-refractivity contribution >= 4 is 5.91 Å². The van der Waals surface area contributed by atoms with Crippen LogP contribution in [0.3, 0.4) is 0 Å². The molecule has 1 amide bonds. The Morgan fingerprint density at radius 2 is 2.09 bits per heavy atom. The summed E-state index contributed by atoms with van der Waals surface area (Å²) in [5, 5.41) is 0. The zero-order valence-corrected chi connectivity index (χ0v) is 7.47. The van der Waals surface area contributed by atoms with Crippen molar-refractivity contribution in [3.63, 3.8) is 0 Å². The van der Waals surface area contributed by atoms with Crippen molar-refractivity contribution in [1.29, 1.82) is 0 Å².